The van der Waals surface area contributed by atoms with Crippen LogP contribution < -0.4 is 4.57 Å². The second kappa shape index (κ2) is 5.81. The van der Waals surface area contributed by atoms with Gasteiger partial charge in [-0.15, -0.1) is 0 Å². The summed E-state index contributed by atoms with van der Waals surface area (Å²) in [6.07, 6.45) is 5.82. The van der Waals surface area contributed by atoms with Crippen LogP contribution in [0.3, 0.4) is 0 Å². The third kappa shape index (κ3) is 2.41. The number of aryl methyl sites for hydroxylation is 3. The number of aromatic nitrogens is 4. The second-order valence-electron chi connectivity index (χ2n) is 6.48. The quantitative estimate of drug-likeness (QED) is 0.522. The maximum atomic E-state index is 4.67. The molecule has 2 aromatic heterocycles. The van der Waals surface area contributed by atoms with Crippen LogP contribution in [0, 0.1) is 27.7 Å². The van der Waals surface area contributed by atoms with Crippen LogP contribution in [-0.2, 0) is 0 Å². The smallest absolute Gasteiger partial charge is 0.232 e. The molecule has 0 aliphatic carbocycles. The molecule has 0 fully saturated rings. The zero-order valence-electron chi connectivity index (χ0n) is 15.0. The molecule has 4 rings (SSSR count). The van der Waals surface area contributed by atoms with Crippen LogP contribution in [0.5, 0.6) is 0 Å². The molecule has 2 aromatic carbocycles. The summed E-state index contributed by atoms with van der Waals surface area (Å²) in [5.74, 6) is 0.967. The average molecular weight is 329 g/mol. The Kier molecular flexibility index (Phi) is 3.61. The zero-order valence-corrected chi connectivity index (χ0v) is 15.0. The second-order valence-corrected chi connectivity index (χ2v) is 6.48. The first-order chi connectivity index (χ1) is 12.1. The number of hydrogen-bond donors (Lipinski definition) is 0. The minimum absolute atomic E-state index is 0.967. The Bertz CT molecular complexity index is 1090. The zero-order chi connectivity index (χ0) is 17.6. The third-order valence-corrected chi connectivity index (χ3v) is 4.75. The van der Waals surface area contributed by atoms with Crippen LogP contribution in [0.25, 0.3) is 22.3 Å². The number of para-hydroxylation sites is 1. The summed E-state index contributed by atoms with van der Waals surface area (Å²) in [6.45, 7) is 8.50. The highest BCUT2D eigenvalue weighted by molar-refractivity contribution is 5.81. The van der Waals surface area contributed by atoms with E-state index in [0.29, 0.717) is 0 Å². The molecule has 0 saturated heterocycles. The van der Waals surface area contributed by atoms with Gasteiger partial charge in [-0.1, -0.05) is 23.2 Å². The highest BCUT2D eigenvalue weighted by Gasteiger charge is 2.20. The van der Waals surface area contributed by atoms with Gasteiger partial charge >= 0.3 is 0 Å². The fourth-order valence-corrected chi connectivity index (χ4v) is 3.69. The Balaban J connectivity index is 2.05. The molecule has 4 nitrogen and oxygen atoms in total. The van der Waals surface area contributed by atoms with E-state index in [0.717, 1.165) is 22.4 Å². The van der Waals surface area contributed by atoms with Crippen molar-refractivity contribution in [1.29, 1.82) is 0 Å². The predicted octanol–water partition coefficient (Wildman–Crippen LogP) is 3.93. The third-order valence-electron chi connectivity index (χ3n) is 4.75. The van der Waals surface area contributed by atoms with E-state index in [-0.39, 0.29) is 0 Å². The molecule has 2 heterocycles. The monoisotopic (exact) mass is 329 g/mol. The maximum Gasteiger partial charge on any atom is 0.300 e. The molecule has 0 amide bonds. The highest BCUT2D eigenvalue weighted by Crippen LogP contribution is 2.28. The normalized spacial score (nSPS) is 11.2. The molecule has 4 aromatic rings. The van der Waals surface area contributed by atoms with Gasteiger partial charge in [-0.2, -0.15) is 9.67 Å². The van der Waals surface area contributed by atoms with Gasteiger partial charge in [0.15, 0.2) is 0 Å². The minimum Gasteiger partial charge on any atom is -0.232 e. The van der Waals surface area contributed by atoms with E-state index in [1.807, 2.05) is 31.5 Å². The van der Waals surface area contributed by atoms with Gasteiger partial charge in [0.1, 0.15) is 18.1 Å². The van der Waals surface area contributed by atoms with Crippen molar-refractivity contribution in [2.45, 2.75) is 27.7 Å². The van der Waals surface area contributed by atoms with Crippen LogP contribution >= 0.6 is 0 Å². The summed E-state index contributed by atoms with van der Waals surface area (Å²) in [7, 11) is 0. The van der Waals surface area contributed by atoms with Gasteiger partial charge in [-0.3, -0.25) is 0 Å². The highest BCUT2D eigenvalue weighted by atomic mass is 15.3. The van der Waals surface area contributed by atoms with Crippen molar-refractivity contribution in [1.82, 2.24) is 14.8 Å². The molecule has 4 heteroatoms. The summed E-state index contributed by atoms with van der Waals surface area (Å²) in [5.41, 5.74) is 7.08. The number of fused-ring (bicyclic) bond motifs is 1. The molecule has 0 N–H and O–H groups in total. The molecular weight excluding hydrogens is 308 g/mol. The van der Waals surface area contributed by atoms with E-state index in [9.17, 15) is 0 Å². The van der Waals surface area contributed by atoms with E-state index in [1.54, 1.807) is 0 Å². The summed E-state index contributed by atoms with van der Waals surface area (Å²) in [5, 5.41) is 5.81. The maximum absolute atomic E-state index is 4.67. The van der Waals surface area contributed by atoms with E-state index in [2.05, 4.69) is 70.6 Å². The topological polar surface area (TPSA) is 34.6 Å². The predicted molar refractivity (Wildman–Crippen MR) is 99.3 cm³/mol. The lowest BCUT2D eigenvalue weighted by Gasteiger charge is -2.17. The van der Waals surface area contributed by atoms with E-state index in [1.165, 1.54) is 22.4 Å². The number of hydrogen-bond acceptors (Lipinski definition) is 2. The Hall–Kier alpha value is -3.01. The number of benzene rings is 2. The molecule has 0 bridgehead atoms. The summed E-state index contributed by atoms with van der Waals surface area (Å²) < 4.78 is 4.20. The van der Waals surface area contributed by atoms with Gasteiger partial charge in [-0.25, -0.2) is 4.68 Å². The number of nitrogens with zero attached hydrogens (tertiary/aromatic N) is 4. The lowest BCUT2D eigenvalue weighted by atomic mass is 10.0. The first kappa shape index (κ1) is 15.5. The molecule has 0 spiro atoms. The van der Waals surface area contributed by atoms with Gasteiger partial charge in [0.2, 0.25) is 0 Å². The van der Waals surface area contributed by atoms with Crippen molar-refractivity contribution in [3.8, 4) is 11.4 Å². The van der Waals surface area contributed by atoms with E-state index < -0.39 is 0 Å². The molecule has 0 unspecified atom stereocenters. The van der Waals surface area contributed by atoms with Crippen LogP contribution in [0.4, 0.5) is 0 Å². The van der Waals surface area contributed by atoms with Gasteiger partial charge in [0.25, 0.3) is 5.82 Å². The SMILES string of the molecule is Cc1cc(C)c(-[n+]2cccnc2C)c(C)c1-n1ncc2ccccc21. The Labute approximate surface area is 147 Å². The van der Waals surface area contributed by atoms with Crippen molar-refractivity contribution in [2.75, 3.05) is 0 Å². The Morgan fingerprint density at radius 3 is 2.56 bits per heavy atom. The number of rotatable bonds is 2. The Morgan fingerprint density at radius 2 is 1.76 bits per heavy atom. The summed E-state index contributed by atoms with van der Waals surface area (Å²) in [4.78, 5) is 4.44. The molecule has 0 atom stereocenters. The van der Waals surface area contributed by atoms with Gasteiger partial charge < -0.3 is 0 Å². The molecule has 25 heavy (non-hydrogen) atoms. The molecule has 0 radical (unpaired) electrons. The van der Waals surface area contributed by atoms with Gasteiger partial charge in [-0.05, 0) is 44.0 Å². The van der Waals surface area contributed by atoms with E-state index >= 15 is 0 Å². The molecule has 124 valence electrons. The van der Waals surface area contributed by atoms with Crippen LogP contribution in [-0.4, -0.2) is 14.8 Å². The molecule has 0 aliphatic rings. The van der Waals surface area contributed by atoms with Crippen molar-refractivity contribution >= 4 is 10.9 Å². The van der Waals surface area contributed by atoms with Crippen molar-refractivity contribution in [3.05, 3.63) is 77.5 Å². The lowest BCUT2D eigenvalue weighted by Crippen LogP contribution is -2.37. The lowest BCUT2D eigenvalue weighted by molar-refractivity contribution is -0.607. The largest absolute Gasteiger partial charge is 0.300 e. The fraction of sp³-hybridized carbons (Fsp3) is 0.190. The first-order valence-electron chi connectivity index (χ1n) is 8.45. The van der Waals surface area contributed by atoms with Crippen LogP contribution in [0.2, 0.25) is 0 Å². The van der Waals surface area contributed by atoms with Crippen molar-refractivity contribution in [3.63, 3.8) is 0 Å². The summed E-state index contributed by atoms with van der Waals surface area (Å²) in [6, 6.07) is 12.5. The van der Waals surface area contributed by atoms with Crippen LogP contribution in [0.15, 0.2) is 55.0 Å². The van der Waals surface area contributed by atoms with Gasteiger partial charge in [0, 0.05) is 23.9 Å². The van der Waals surface area contributed by atoms with Crippen LogP contribution in [0.1, 0.15) is 22.5 Å². The fourth-order valence-electron chi connectivity index (χ4n) is 3.69. The van der Waals surface area contributed by atoms with Crippen molar-refractivity contribution in [2.24, 2.45) is 0 Å². The molecular formula is C21H21N4+. The van der Waals surface area contributed by atoms with E-state index in [4.69, 9.17) is 0 Å². The minimum atomic E-state index is 0.967. The summed E-state index contributed by atoms with van der Waals surface area (Å²) >= 11 is 0. The van der Waals surface area contributed by atoms with Gasteiger partial charge in [0.05, 0.1) is 17.4 Å². The first-order valence-corrected chi connectivity index (χ1v) is 8.45. The molecule has 0 saturated carbocycles. The van der Waals surface area contributed by atoms with Crippen molar-refractivity contribution < 1.29 is 4.57 Å². The standard InChI is InChI=1S/C21H21N4/c1-14-12-15(2)21(25-19-9-6-5-8-18(19)13-23-25)16(3)20(14)24-11-7-10-22-17(24)4/h5-13H,1-4H3/q+1. The Morgan fingerprint density at radius 1 is 0.960 bits per heavy atom. The average Bonchev–Trinajstić information content (AvgIpc) is 3.00. The molecule has 0 aliphatic heterocycles.